The molecule has 0 aliphatic rings. The SMILES string of the molecule is CCCC#CC(=O)c1nc(C(C)(C)C)c(O)c(C(C)(C)C)n1. The summed E-state index contributed by atoms with van der Waals surface area (Å²) in [4.78, 5) is 20.8. The van der Waals surface area contributed by atoms with Gasteiger partial charge in [-0.05, 0) is 12.3 Å². The number of hydrogen-bond acceptors (Lipinski definition) is 4. The van der Waals surface area contributed by atoms with Gasteiger partial charge in [-0.2, -0.15) is 0 Å². The van der Waals surface area contributed by atoms with Crippen LogP contribution < -0.4 is 0 Å². The van der Waals surface area contributed by atoms with Crippen molar-refractivity contribution in [3.8, 4) is 17.6 Å². The quantitative estimate of drug-likeness (QED) is 0.513. The Hall–Kier alpha value is -1.89. The zero-order valence-corrected chi connectivity index (χ0v) is 14.7. The Bertz CT molecular complexity index is 588. The van der Waals surface area contributed by atoms with E-state index in [9.17, 15) is 9.90 Å². The molecule has 4 heteroatoms. The lowest BCUT2D eigenvalue weighted by Crippen LogP contribution is -2.23. The lowest BCUT2D eigenvalue weighted by Gasteiger charge is -2.25. The van der Waals surface area contributed by atoms with Crippen LogP contribution in [-0.2, 0) is 10.8 Å². The molecule has 0 aliphatic carbocycles. The fourth-order valence-electron chi connectivity index (χ4n) is 1.93. The van der Waals surface area contributed by atoms with E-state index >= 15 is 0 Å². The monoisotopic (exact) mass is 302 g/mol. The number of nitrogens with zero attached hydrogens (tertiary/aromatic N) is 2. The number of rotatable bonds is 2. The van der Waals surface area contributed by atoms with Gasteiger partial charge in [-0.15, -0.1) is 0 Å². The second kappa shape index (κ2) is 6.48. The van der Waals surface area contributed by atoms with E-state index in [0.717, 1.165) is 6.42 Å². The molecule has 0 saturated heterocycles. The molecule has 1 aromatic rings. The van der Waals surface area contributed by atoms with Crippen molar-refractivity contribution in [1.29, 1.82) is 0 Å². The molecule has 0 bridgehead atoms. The summed E-state index contributed by atoms with van der Waals surface area (Å²) in [5.74, 6) is 5.14. The molecule has 0 atom stereocenters. The van der Waals surface area contributed by atoms with Crippen LogP contribution in [0.25, 0.3) is 0 Å². The van der Waals surface area contributed by atoms with Gasteiger partial charge in [0.2, 0.25) is 5.82 Å². The van der Waals surface area contributed by atoms with E-state index in [4.69, 9.17) is 0 Å². The molecule has 0 radical (unpaired) electrons. The van der Waals surface area contributed by atoms with Crippen LogP contribution in [0.5, 0.6) is 5.75 Å². The zero-order valence-electron chi connectivity index (χ0n) is 14.7. The van der Waals surface area contributed by atoms with Crippen molar-refractivity contribution in [3.05, 3.63) is 17.2 Å². The average molecular weight is 302 g/mol. The standard InChI is InChI=1S/C18H26N2O2/c1-8-9-10-11-12(21)16-19-14(17(2,3)4)13(22)15(20-16)18(5,6)7/h22H,8-9H2,1-7H3. The van der Waals surface area contributed by atoms with Crippen LogP contribution >= 0.6 is 0 Å². The van der Waals surface area contributed by atoms with E-state index in [1.54, 1.807) is 0 Å². The number of carbonyl (C=O) groups is 1. The smallest absolute Gasteiger partial charge is 0.273 e. The third-order valence-electron chi connectivity index (χ3n) is 3.08. The van der Waals surface area contributed by atoms with Crippen molar-refractivity contribution in [2.45, 2.75) is 72.1 Å². The average Bonchev–Trinajstić information content (AvgIpc) is 2.36. The maximum Gasteiger partial charge on any atom is 0.273 e. The van der Waals surface area contributed by atoms with Crippen molar-refractivity contribution >= 4 is 5.78 Å². The van der Waals surface area contributed by atoms with Crippen molar-refractivity contribution in [3.63, 3.8) is 0 Å². The summed E-state index contributed by atoms with van der Waals surface area (Å²) in [5, 5.41) is 10.5. The fraction of sp³-hybridized carbons (Fsp3) is 0.611. The van der Waals surface area contributed by atoms with Crippen LogP contribution in [0.3, 0.4) is 0 Å². The molecule has 0 saturated carbocycles. The number of aromatic nitrogens is 2. The van der Waals surface area contributed by atoms with Gasteiger partial charge >= 0.3 is 0 Å². The van der Waals surface area contributed by atoms with Gasteiger partial charge < -0.3 is 5.11 Å². The fourth-order valence-corrected chi connectivity index (χ4v) is 1.93. The van der Waals surface area contributed by atoms with Crippen molar-refractivity contribution < 1.29 is 9.90 Å². The number of Topliss-reactive ketones (excluding diaryl/α,β-unsaturated/α-hetero) is 1. The number of aromatic hydroxyl groups is 1. The summed E-state index contributed by atoms with van der Waals surface area (Å²) < 4.78 is 0. The van der Waals surface area contributed by atoms with Crippen LogP contribution in [0.4, 0.5) is 0 Å². The van der Waals surface area contributed by atoms with Gasteiger partial charge in [-0.25, -0.2) is 9.97 Å². The molecule has 120 valence electrons. The van der Waals surface area contributed by atoms with Crippen LogP contribution in [0, 0.1) is 11.8 Å². The summed E-state index contributed by atoms with van der Waals surface area (Å²) in [5.41, 5.74) is 0.179. The first kappa shape index (κ1) is 18.2. The Labute approximate surface area is 133 Å². The Morgan fingerprint density at radius 1 is 1.05 bits per heavy atom. The highest BCUT2D eigenvalue weighted by atomic mass is 16.3. The zero-order chi connectivity index (χ0) is 17.1. The van der Waals surface area contributed by atoms with Crippen LogP contribution in [0.15, 0.2) is 0 Å². The first-order valence-corrected chi connectivity index (χ1v) is 7.63. The Kier molecular flexibility index (Phi) is 5.35. The molecular weight excluding hydrogens is 276 g/mol. The van der Waals surface area contributed by atoms with Gasteiger partial charge in [0, 0.05) is 17.3 Å². The summed E-state index contributed by atoms with van der Waals surface area (Å²) in [6.45, 7) is 13.7. The van der Waals surface area contributed by atoms with E-state index in [-0.39, 0.29) is 22.4 Å². The minimum atomic E-state index is -0.399. The third-order valence-corrected chi connectivity index (χ3v) is 3.08. The molecule has 1 rings (SSSR count). The minimum absolute atomic E-state index is 0.0660. The second-order valence-corrected chi connectivity index (χ2v) is 7.47. The summed E-state index contributed by atoms with van der Waals surface area (Å²) >= 11 is 0. The predicted molar refractivity (Wildman–Crippen MR) is 88.1 cm³/mol. The Morgan fingerprint density at radius 2 is 1.50 bits per heavy atom. The van der Waals surface area contributed by atoms with Gasteiger partial charge in [0.1, 0.15) is 0 Å². The molecule has 0 aromatic carbocycles. The van der Waals surface area contributed by atoms with Crippen LogP contribution in [0.2, 0.25) is 0 Å². The highest BCUT2D eigenvalue weighted by Gasteiger charge is 2.30. The summed E-state index contributed by atoms with van der Waals surface area (Å²) in [6.07, 6.45) is 1.57. The van der Waals surface area contributed by atoms with Crippen LogP contribution in [0.1, 0.15) is 83.3 Å². The molecule has 0 aliphatic heterocycles. The van der Waals surface area contributed by atoms with Crippen LogP contribution in [-0.4, -0.2) is 20.9 Å². The highest BCUT2D eigenvalue weighted by molar-refractivity contribution is 6.06. The van der Waals surface area contributed by atoms with E-state index < -0.39 is 5.78 Å². The molecule has 0 spiro atoms. The van der Waals surface area contributed by atoms with Crippen molar-refractivity contribution in [2.75, 3.05) is 0 Å². The maximum atomic E-state index is 12.2. The first-order valence-electron chi connectivity index (χ1n) is 7.63. The molecule has 0 unspecified atom stereocenters. The third kappa shape index (κ3) is 4.30. The number of hydrogen-bond donors (Lipinski definition) is 1. The highest BCUT2D eigenvalue weighted by Crippen LogP contribution is 2.36. The van der Waals surface area contributed by atoms with Gasteiger partial charge in [0.05, 0.1) is 11.4 Å². The molecular formula is C18H26N2O2. The molecule has 4 nitrogen and oxygen atoms in total. The molecule has 0 fully saturated rings. The van der Waals surface area contributed by atoms with Gasteiger partial charge in [-0.3, -0.25) is 4.79 Å². The summed E-state index contributed by atoms with van der Waals surface area (Å²) in [6, 6.07) is 0. The molecule has 1 N–H and O–H groups in total. The topological polar surface area (TPSA) is 63.1 Å². The largest absolute Gasteiger partial charge is 0.504 e. The van der Waals surface area contributed by atoms with Crippen molar-refractivity contribution in [1.82, 2.24) is 9.97 Å². The Morgan fingerprint density at radius 3 is 1.86 bits per heavy atom. The van der Waals surface area contributed by atoms with E-state index in [1.807, 2.05) is 48.5 Å². The van der Waals surface area contributed by atoms with E-state index in [0.29, 0.717) is 17.8 Å². The number of ketones is 1. The lowest BCUT2D eigenvalue weighted by molar-refractivity contribution is 0.104. The maximum absolute atomic E-state index is 12.2. The lowest BCUT2D eigenvalue weighted by atomic mass is 9.85. The molecule has 22 heavy (non-hydrogen) atoms. The Balaban J connectivity index is 3.49. The normalized spacial score (nSPS) is 11.8. The number of unbranched alkanes of at least 4 members (excludes halogenated alkanes) is 1. The molecule has 1 heterocycles. The predicted octanol–water partition coefficient (Wildman–Crippen LogP) is 3.76. The minimum Gasteiger partial charge on any atom is -0.504 e. The second-order valence-electron chi connectivity index (χ2n) is 7.47. The van der Waals surface area contributed by atoms with Gasteiger partial charge in [-0.1, -0.05) is 54.4 Å². The van der Waals surface area contributed by atoms with E-state index in [1.165, 1.54) is 0 Å². The molecule has 0 amide bonds. The molecule has 1 aromatic heterocycles. The van der Waals surface area contributed by atoms with E-state index in [2.05, 4.69) is 21.8 Å². The first-order chi connectivity index (χ1) is 9.98. The van der Waals surface area contributed by atoms with Gasteiger partial charge in [0.25, 0.3) is 5.78 Å². The summed E-state index contributed by atoms with van der Waals surface area (Å²) in [7, 11) is 0. The van der Waals surface area contributed by atoms with Crippen molar-refractivity contribution in [2.24, 2.45) is 0 Å². The number of carbonyl (C=O) groups excluding carboxylic acids is 1. The van der Waals surface area contributed by atoms with Gasteiger partial charge in [0.15, 0.2) is 5.75 Å².